The molecule has 7 heteroatoms. The molecule has 0 aliphatic rings. The van der Waals surface area contributed by atoms with Crippen molar-refractivity contribution in [2.75, 3.05) is 0 Å². The molecule has 0 amide bonds. The van der Waals surface area contributed by atoms with Gasteiger partial charge >= 0.3 is 5.97 Å². The molecule has 0 aliphatic heterocycles. The molecule has 1 aromatic rings. The van der Waals surface area contributed by atoms with Gasteiger partial charge in [0, 0.05) is 11.4 Å². The number of carbonyl (C=O) groups is 1. The van der Waals surface area contributed by atoms with Crippen LogP contribution >= 0.6 is 36.2 Å². The molecule has 0 aromatic carbocycles. The minimum absolute atomic E-state index is 0. The van der Waals surface area contributed by atoms with Crippen molar-refractivity contribution in [1.29, 1.82) is 0 Å². The molecule has 0 fully saturated rings. The number of hydrogen-bond acceptors (Lipinski definition) is 4. The van der Waals surface area contributed by atoms with Crippen LogP contribution in [-0.2, 0) is 17.8 Å². The van der Waals surface area contributed by atoms with Crippen LogP contribution in [0.4, 0.5) is 0 Å². The van der Waals surface area contributed by atoms with Crippen molar-refractivity contribution in [3.8, 4) is 0 Å². The van der Waals surface area contributed by atoms with Gasteiger partial charge < -0.3 is 10.8 Å². The second-order valence-corrected chi connectivity index (χ2v) is 3.56. The van der Waals surface area contributed by atoms with Gasteiger partial charge in [-0.3, -0.25) is 4.79 Å². The predicted molar refractivity (Wildman–Crippen MR) is 60.6 cm³/mol. The van der Waals surface area contributed by atoms with Gasteiger partial charge in [0.25, 0.3) is 0 Å². The summed E-state index contributed by atoms with van der Waals surface area (Å²) in [5.74, 6) is -0.828. The minimum atomic E-state index is -0.828. The second kappa shape index (κ2) is 7.00. The summed E-state index contributed by atoms with van der Waals surface area (Å²) >= 11 is 1.37. The van der Waals surface area contributed by atoms with Gasteiger partial charge in [-0.1, -0.05) is 0 Å². The zero-order chi connectivity index (χ0) is 9.14. The van der Waals surface area contributed by atoms with Gasteiger partial charge in [0.2, 0.25) is 0 Å². The summed E-state index contributed by atoms with van der Waals surface area (Å²) in [4.78, 5) is 15.3. The van der Waals surface area contributed by atoms with Crippen LogP contribution in [0.1, 0.15) is 15.6 Å². The molecule has 1 rings (SSSR count). The van der Waals surface area contributed by atoms with Crippen LogP contribution in [0.15, 0.2) is 0 Å². The number of rotatable bonds is 3. The van der Waals surface area contributed by atoms with E-state index < -0.39 is 5.97 Å². The molecule has 1 heterocycles. The van der Waals surface area contributed by atoms with Crippen LogP contribution in [0.5, 0.6) is 0 Å². The molecule has 14 heavy (non-hydrogen) atoms. The first kappa shape index (κ1) is 16.1. The van der Waals surface area contributed by atoms with E-state index in [-0.39, 0.29) is 31.2 Å². The van der Waals surface area contributed by atoms with Crippen LogP contribution in [0.3, 0.4) is 0 Å². The molecule has 0 saturated heterocycles. The van der Waals surface area contributed by atoms with Crippen LogP contribution in [0.25, 0.3) is 0 Å². The van der Waals surface area contributed by atoms with Gasteiger partial charge in [-0.15, -0.1) is 36.2 Å². The molecule has 82 valence electrons. The Hall–Kier alpha value is -0.360. The Bertz CT molecular complexity index is 304. The maximum absolute atomic E-state index is 10.4. The van der Waals surface area contributed by atoms with Gasteiger partial charge in [0.1, 0.15) is 5.01 Å². The fourth-order valence-electron chi connectivity index (χ4n) is 0.877. The molecule has 0 unspecified atom stereocenters. The van der Waals surface area contributed by atoms with E-state index in [2.05, 4.69) is 4.98 Å². The maximum atomic E-state index is 10.4. The highest BCUT2D eigenvalue weighted by atomic mass is 35.5. The minimum Gasteiger partial charge on any atom is -0.481 e. The highest BCUT2D eigenvalue weighted by Crippen LogP contribution is 2.17. The van der Waals surface area contributed by atoms with Crippen molar-refractivity contribution in [2.24, 2.45) is 5.73 Å². The lowest BCUT2D eigenvalue weighted by molar-refractivity contribution is -0.136. The van der Waals surface area contributed by atoms with E-state index in [0.29, 0.717) is 6.54 Å². The number of aryl methyl sites for hydroxylation is 1. The SMILES string of the molecule is Cc1nc(CN)sc1CC(=O)O.Cl.Cl. The molecule has 0 aliphatic carbocycles. The third-order valence-corrected chi connectivity index (χ3v) is 2.60. The van der Waals surface area contributed by atoms with E-state index in [9.17, 15) is 4.79 Å². The molecule has 0 bridgehead atoms. The van der Waals surface area contributed by atoms with E-state index in [0.717, 1.165) is 15.6 Å². The van der Waals surface area contributed by atoms with Crippen molar-refractivity contribution in [1.82, 2.24) is 4.98 Å². The molecule has 4 nitrogen and oxygen atoms in total. The Labute approximate surface area is 98.4 Å². The summed E-state index contributed by atoms with van der Waals surface area (Å²) in [5, 5.41) is 9.32. The Morgan fingerprint density at radius 3 is 2.50 bits per heavy atom. The monoisotopic (exact) mass is 258 g/mol. The van der Waals surface area contributed by atoms with Crippen molar-refractivity contribution in [3.05, 3.63) is 15.6 Å². The van der Waals surface area contributed by atoms with E-state index >= 15 is 0 Å². The van der Waals surface area contributed by atoms with E-state index in [4.69, 9.17) is 10.8 Å². The molecular weight excluding hydrogens is 247 g/mol. The molecule has 3 N–H and O–H groups in total. The summed E-state index contributed by atoms with van der Waals surface area (Å²) in [5.41, 5.74) is 6.14. The number of nitrogens with zero attached hydrogens (tertiary/aromatic N) is 1. The average molecular weight is 259 g/mol. The van der Waals surface area contributed by atoms with Crippen molar-refractivity contribution < 1.29 is 9.90 Å². The molecule has 1 aromatic heterocycles. The van der Waals surface area contributed by atoms with Crippen molar-refractivity contribution >= 4 is 42.1 Å². The zero-order valence-electron chi connectivity index (χ0n) is 7.52. The zero-order valence-corrected chi connectivity index (χ0v) is 9.97. The van der Waals surface area contributed by atoms with Gasteiger partial charge in [0.05, 0.1) is 12.1 Å². The number of nitrogens with two attached hydrogens (primary N) is 1. The number of aliphatic carboxylic acids is 1. The molecule has 0 spiro atoms. The third-order valence-electron chi connectivity index (χ3n) is 1.42. The van der Waals surface area contributed by atoms with E-state index in [1.165, 1.54) is 11.3 Å². The van der Waals surface area contributed by atoms with Crippen LogP contribution in [0, 0.1) is 6.92 Å². The summed E-state index contributed by atoms with van der Waals surface area (Å²) < 4.78 is 0. The fraction of sp³-hybridized carbons (Fsp3) is 0.429. The Morgan fingerprint density at radius 1 is 1.57 bits per heavy atom. The first-order valence-electron chi connectivity index (χ1n) is 3.50. The van der Waals surface area contributed by atoms with Gasteiger partial charge in [-0.05, 0) is 6.92 Å². The van der Waals surface area contributed by atoms with Crippen LogP contribution in [-0.4, -0.2) is 16.1 Å². The van der Waals surface area contributed by atoms with E-state index in [1.54, 1.807) is 6.92 Å². The van der Waals surface area contributed by atoms with Gasteiger partial charge in [-0.25, -0.2) is 4.98 Å². The lowest BCUT2D eigenvalue weighted by atomic mass is 10.3. The average Bonchev–Trinajstić information content (AvgIpc) is 2.31. The number of carboxylic acid groups (broad SMARTS) is 1. The molecular formula is C7H12Cl2N2O2S. The quantitative estimate of drug-likeness (QED) is 0.859. The topological polar surface area (TPSA) is 76.2 Å². The highest BCUT2D eigenvalue weighted by Gasteiger charge is 2.09. The largest absolute Gasteiger partial charge is 0.481 e. The number of aromatic nitrogens is 1. The first-order chi connectivity index (χ1) is 5.63. The third kappa shape index (κ3) is 4.23. The highest BCUT2D eigenvalue weighted by molar-refractivity contribution is 7.11. The standard InChI is InChI=1S/C7H10N2O2S.2ClH/c1-4-5(2-7(10)11)12-6(3-8)9-4;;/h2-3,8H2,1H3,(H,10,11);2*1H. The van der Waals surface area contributed by atoms with Gasteiger partial charge in [0.15, 0.2) is 0 Å². The maximum Gasteiger partial charge on any atom is 0.308 e. The summed E-state index contributed by atoms with van der Waals surface area (Å²) in [6.07, 6.45) is 0.0451. The summed E-state index contributed by atoms with van der Waals surface area (Å²) in [6, 6.07) is 0. The number of carboxylic acids is 1. The summed E-state index contributed by atoms with van der Waals surface area (Å²) in [6.45, 7) is 2.18. The molecule has 0 atom stereocenters. The van der Waals surface area contributed by atoms with E-state index in [1.807, 2.05) is 0 Å². The fourth-order valence-corrected chi connectivity index (χ4v) is 1.82. The first-order valence-corrected chi connectivity index (χ1v) is 4.32. The lowest BCUT2D eigenvalue weighted by Gasteiger charge is -1.89. The van der Waals surface area contributed by atoms with Gasteiger partial charge in [-0.2, -0.15) is 0 Å². The summed E-state index contributed by atoms with van der Waals surface area (Å²) in [7, 11) is 0. The number of halogens is 2. The number of hydrogen-bond donors (Lipinski definition) is 2. The Kier molecular flexibility index (Phi) is 8.04. The molecule has 0 saturated carbocycles. The normalized spacial score (nSPS) is 8.71. The lowest BCUT2D eigenvalue weighted by Crippen LogP contribution is -1.99. The van der Waals surface area contributed by atoms with Crippen LogP contribution in [0.2, 0.25) is 0 Å². The van der Waals surface area contributed by atoms with Crippen molar-refractivity contribution in [3.63, 3.8) is 0 Å². The Morgan fingerprint density at radius 2 is 2.14 bits per heavy atom. The molecule has 0 radical (unpaired) electrons. The second-order valence-electron chi connectivity index (χ2n) is 2.39. The van der Waals surface area contributed by atoms with Crippen molar-refractivity contribution in [2.45, 2.75) is 19.9 Å². The smallest absolute Gasteiger partial charge is 0.308 e. The predicted octanol–water partition coefficient (Wildman–Crippen LogP) is 1.38. The Balaban J connectivity index is 0. The van der Waals surface area contributed by atoms with Crippen LogP contribution < -0.4 is 5.73 Å². The number of thiazole rings is 1.